The van der Waals surface area contributed by atoms with E-state index >= 15 is 0 Å². The second-order valence-corrected chi connectivity index (χ2v) is 4.52. The van der Waals surface area contributed by atoms with E-state index in [1.807, 2.05) is 23.8 Å². The molecule has 0 spiro atoms. The molecular weight excluding hydrogens is 252 g/mol. The lowest BCUT2D eigenvalue weighted by Gasteiger charge is -2.11. The van der Waals surface area contributed by atoms with Gasteiger partial charge in [-0.1, -0.05) is 17.7 Å². The molecule has 0 saturated carbocycles. The van der Waals surface area contributed by atoms with Crippen molar-refractivity contribution in [2.75, 3.05) is 0 Å². The van der Waals surface area contributed by atoms with Crippen LogP contribution in [0.2, 0.25) is 5.02 Å². The predicted molar refractivity (Wildman–Crippen MR) is 69.4 cm³/mol. The average molecular weight is 265 g/mol. The first kappa shape index (κ1) is 12.6. The summed E-state index contributed by atoms with van der Waals surface area (Å²) >= 11 is 6.20. The second-order valence-electron chi connectivity index (χ2n) is 4.12. The maximum absolute atomic E-state index is 10.9. The minimum atomic E-state index is -0.863. The van der Waals surface area contributed by atoms with Gasteiger partial charge in [0.25, 0.3) is 0 Å². The molecule has 0 radical (unpaired) electrons. The Balaban J connectivity index is 2.43. The van der Waals surface area contributed by atoms with E-state index in [1.165, 1.54) is 0 Å². The molecule has 94 valence electrons. The van der Waals surface area contributed by atoms with Crippen LogP contribution in [0.1, 0.15) is 24.2 Å². The molecule has 1 aromatic carbocycles. The Kier molecular flexibility index (Phi) is 3.39. The van der Waals surface area contributed by atoms with E-state index < -0.39 is 11.9 Å². The summed E-state index contributed by atoms with van der Waals surface area (Å²) < 4.78 is 1.86. The minimum absolute atomic E-state index is 0.515. The Bertz CT molecular complexity index is 592. The van der Waals surface area contributed by atoms with Crippen molar-refractivity contribution in [1.29, 1.82) is 0 Å². The number of benzene rings is 1. The first-order chi connectivity index (χ1) is 8.50. The monoisotopic (exact) mass is 264 g/mol. The van der Waals surface area contributed by atoms with Crippen LogP contribution in [0.4, 0.5) is 0 Å². The Hall–Kier alpha value is -1.81. The summed E-state index contributed by atoms with van der Waals surface area (Å²) in [6, 6.07) is 5.28. The van der Waals surface area contributed by atoms with Gasteiger partial charge in [-0.15, -0.1) is 0 Å². The molecule has 1 aromatic heterocycles. The van der Waals surface area contributed by atoms with Crippen molar-refractivity contribution in [1.82, 2.24) is 9.55 Å². The van der Waals surface area contributed by atoms with E-state index in [4.69, 9.17) is 16.7 Å². The van der Waals surface area contributed by atoms with E-state index in [9.17, 15) is 4.79 Å². The maximum atomic E-state index is 10.9. The third-order valence-electron chi connectivity index (χ3n) is 2.93. The zero-order valence-electron chi connectivity index (χ0n) is 10.1. The van der Waals surface area contributed by atoms with Crippen LogP contribution in [0.25, 0.3) is 5.69 Å². The number of aliphatic carboxylic acids is 1. The molecular formula is C13H13ClN2O2. The van der Waals surface area contributed by atoms with E-state index in [2.05, 4.69) is 4.98 Å². The normalized spacial score (nSPS) is 12.4. The standard InChI is InChI=1S/C13H13ClN2O2/c1-8(13(17)18)10-3-4-12(11(14)7-10)16-6-5-15-9(16)2/h3-8H,1-2H3,(H,17,18). The summed E-state index contributed by atoms with van der Waals surface area (Å²) in [4.78, 5) is 15.1. The molecule has 18 heavy (non-hydrogen) atoms. The number of carboxylic acid groups (broad SMARTS) is 1. The SMILES string of the molecule is Cc1nccn1-c1ccc(C(C)C(=O)O)cc1Cl. The first-order valence-corrected chi connectivity index (χ1v) is 5.91. The number of aromatic nitrogens is 2. The van der Waals surface area contributed by atoms with Gasteiger partial charge in [0, 0.05) is 12.4 Å². The van der Waals surface area contributed by atoms with E-state index in [1.54, 1.807) is 25.3 Å². The lowest BCUT2D eigenvalue weighted by atomic mass is 10.0. The summed E-state index contributed by atoms with van der Waals surface area (Å²) in [5.74, 6) is -0.603. The third-order valence-corrected chi connectivity index (χ3v) is 3.23. The van der Waals surface area contributed by atoms with Gasteiger partial charge in [-0.3, -0.25) is 4.79 Å². The van der Waals surface area contributed by atoms with Crippen molar-refractivity contribution in [2.45, 2.75) is 19.8 Å². The first-order valence-electron chi connectivity index (χ1n) is 5.53. The van der Waals surface area contributed by atoms with Crippen LogP contribution in [0, 0.1) is 6.92 Å². The average Bonchev–Trinajstić information content (AvgIpc) is 2.74. The summed E-state index contributed by atoms with van der Waals surface area (Å²) in [5, 5.41) is 9.48. The number of rotatable bonds is 3. The molecule has 1 N–H and O–H groups in total. The van der Waals surface area contributed by atoms with E-state index in [-0.39, 0.29) is 0 Å². The molecule has 2 rings (SSSR count). The highest BCUT2D eigenvalue weighted by atomic mass is 35.5. The van der Waals surface area contributed by atoms with Crippen molar-refractivity contribution in [3.63, 3.8) is 0 Å². The van der Waals surface area contributed by atoms with Gasteiger partial charge in [-0.2, -0.15) is 0 Å². The van der Waals surface area contributed by atoms with Gasteiger partial charge in [0.1, 0.15) is 5.82 Å². The molecule has 0 aliphatic carbocycles. The maximum Gasteiger partial charge on any atom is 0.310 e. The van der Waals surface area contributed by atoms with Crippen molar-refractivity contribution >= 4 is 17.6 Å². The number of carbonyl (C=O) groups is 1. The van der Waals surface area contributed by atoms with Gasteiger partial charge in [-0.25, -0.2) is 4.98 Å². The predicted octanol–water partition coefficient (Wildman–Crippen LogP) is 3.02. The smallest absolute Gasteiger partial charge is 0.310 e. The lowest BCUT2D eigenvalue weighted by molar-refractivity contribution is -0.138. The number of aryl methyl sites for hydroxylation is 1. The molecule has 1 unspecified atom stereocenters. The molecule has 4 nitrogen and oxygen atoms in total. The molecule has 1 heterocycles. The molecule has 0 aliphatic rings. The number of nitrogens with zero attached hydrogens (tertiary/aromatic N) is 2. The van der Waals surface area contributed by atoms with Gasteiger partial charge in [0.2, 0.25) is 0 Å². The topological polar surface area (TPSA) is 55.1 Å². The number of hydrogen-bond donors (Lipinski definition) is 1. The van der Waals surface area contributed by atoms with Crippen molar-refractivity contribution < 1.29 is 9.90 Å². The highest BCUT2D eigenvalue weighted by Crippen LogP contribution is 2.26. The van der Waals surface area contributed by atoms with Crippen LogP contribution in [0.3, 0.4) is 0 Å². The third kappa shape index (κ3) is 2.24. The van der Waals surface area contributed by atoms with Crippen molar-refractivity contribution in [2.24, 2.45) is 0 Å². The molecule has 0 amide bonds. The van der Waals surface area contributed by atoms with E-state index in [0.717, 1.165) is 11.5 Å². The van der Waals surface area contributed by atoms with Gasteiger partial charge in [0.05, 0.1) is 16.6 Å². The Morgan fingerprint density at radius 2 is 2.22 bits per heavy atom. The highest BCUT2D eigenvalue weighted by Gasteiger charge is 2.15. The zero-order chi connectivity index (χ0) is 13.3. The molecule has 2 aromatic rings. The Labute approximate surface area is 110 Å². The van der Waals surface area contributed by atoms with Crippen LogP contribution in [-0.2, 0) is 4.79 Å². The van der Waals surface area contributed by atoms with E-state index in [0.29, 0.717) is 10.6 Å². The molecule has 0 bridgehead atoms. The number of imidazole rings is 1. The fourth-order valence-electron chi connectivity index (χ4n) is 1.76. The van der Waals surface area contributed by atoms with Crippen LogP contribution in [0.5, 0.6) is 0 Å². The van der Waals surface area contributed by atoms with Gasteiger partial charge in [-0.05, 0) is 31.5 Å². The fourth-order valence-corrected chi connectivity index (χ4v) is 2.04. The van der Waals surface area contributed by atoms with Crippen LogP contribution in [-0.4, -0.2) is 20.6 Å². The van der Waals surface area contributed by atoms with Gasteiger partial charge < -0.3 is 9.67 Å². The highest BCUT2D eigenvalue weighted by molar-refractivity contribution is 6.32. The second kappa shape index (κ2) is 4.82. The summed E-state index contributed by atoms with van der Waals surface area (Å²) in [7, 11) is 0. The van der Waals surface area contributed by atoms with Gasteiger partial charge >= 0.3 is 5.97 Å². The van der Waals surface area contributed by atoms with Crippen LogP contribution >= 0.6 is 11.6 Å². The lowest BCUT2D eigenvalue weighted by Crippen LogP contribution is -2.07. The fraction of sp³-hybridized carbons (Fsp3) is 0.231. The summed E-state index contributed by atoms with van der Waals surface area (Å²) in [6.07, 6.45) is 3.51. The molecule has 5 heteroatoms. The molecule has 0 fully saturated rings. The van der Waals surface area contributed by atoms with Gasteiger partial charge in [0.15, 0.2) is 0 Å². The number of hydrogen-bond acceptors (Lipinski definition) is 2. The summed E-state index contributed by atoms with van der Waals surface area (Å²) in [6.45, 7) is 3.51. The Morgan fingerprint density at radius 3 is 2.72 bits per heavy atom. The number of carboxylic acids is 1. The largest absolute Gasteiger partial charge is 0.481 e. The minimum Gasteiger partial charge on any atom is -0.481 e. The zero-order valence-corrected chi connectivity index (χ0v) is 10.8. The molecule has 0 saturated heterocycles. The van der Waals surface area contributed by atoms with Crippen LogP contribution in [0.15, 0.2) is 30.6 Å². The van der Waals surface area contributed by atoms with Crippen LogP contribution < -0.4 is 0 Å². The van der Waals surface area contributed by atoms with Crippen molar-refractivity contribution in [3.05, 3.63) is 47.0 Å². The summed E-state index contributed by atoms with van der Waals surface area (Å²) in [5.41, 5.74) is 1.49. The van der Waals surface area contributed by atoms with Crippen molar-refractivity contribution in [3.8, 4) is 5.69 Å². The molecule has 1 atom stereocenters. The quantitative estimate of drug-likeness (QED) is 0.927. The Morgan fingerprint density at radius 1 is 1.50 bits per heavy atom. The number of halogens is 1. The molecule has 0 aliphatic heterocycles.